The van der Waals surface area contributed by atoms with Crippen LogP contribution < -0.4 is 5.73 Å². The molecule has 0 saturated heterocycles. The van der Waals surface area contributed by atoms with Crippen molar-refractivity contribution in [1.82, 2.24) is 4.98 Å². The Balaban J connectivity index is 2.17. The predicted molar refractivity (Wildman–Crippen MR) is 67.0 cm³/mol. The van der Waals surface area contributed by atoms with Crippen molar-refractivity contribution in [3.8, 4) is 0 Å². The highest BCUT2D eigenvalue weighted by Crippen LogP contribution is 2.44. The minimum absolute atomic E-state index is 0.0959. The van der Waals surface area contributed by atoms with Gasteiger partial charge in [0, 0.05) is 37.3 Å². The van der Waals surface area contributed by atoms with Gasteiger partial charge in [0.1, 0.15) is 5.01 Å². The number of rotatable bonds is 4. The van der Waals surface area contributed by atoms with Gasteiger partial charge in [0.05, 0.1) is 12.3 Å². The number of methoxy groups -OCH3 is 1. The molecule has 2 N–H and O–H groups in total. The summed E-state index contributed by atoms with van der Waals surface area (Å²) in [5.74, 6) is -2.54. The van der Waals surface area contributed by atoms with Crippen molar-refractivity contribution in [3.63, 3.8) is 0 Å². The zero-order chi connectivity index (χ0) is 13.2. The zero-order valence-electron chi connectivity index (χ0n) is 10.4. The highest BCUT2D eigenvalue weighted by Gasteiger charge is 2.44. The van der Waals surface area contributed by atoms with Crippen LogP contribution in [0.4, 0.5) is 8.78 Å². The largest absolute Gasteiger partial charge is 0.378 e. The molecule has 0 unspecified atom stereocenters. The van der Waals surface area contributed by atoms with Crippen molar-refractivity contribution in [2.75, 3.05) is 13.7 Å². The summed E-state index contributed by atoms with van der Waals surface area (Å²) < 4.78 is 31.5. The molecule has 6 heteroatoms. The quantitative estimate of drug-likeness (QED) is 0.919. The summed E-state index contributed by atoms with van der Waals surface area (Å²) in [6.45, 7) is 0.834. The molecule has 102 valence electrons. The summed E-state index contributed by atoms with van der Waals surface area (Å²) >= 11 is 1.50. The third kappa shape index (κ3) is 2.70. The number of nitrogens with zero attached hydrogens (tertiary/aromatic N) is 1. The summed E-state index contributed by atoms with van der Waals surface area (Å²) in [4.78, 5) is 4.48. The molecule has 1 aliphatic rings. The molecule has 18 heavy (non-hydrogen) atoms. The lowest BCUT2D eigenvalue weighted by Gasteiger charge is -2.38. The van der Waals surface area contributed by atoms with Crippen LogP contribution in [0.2, 0.25) is 0 Å². The molecule has 3 nitrogen and oxygen atoms in total. The van der Waals surface area contributed by atoms with E-state index in [2.05, 4.69) is 4.98 Å². The third-order valence-corrected chi connectivity index (χ3v) is 4.51. The summed E-state index contributed by atoms with van der Waals surface area (Å²) in [5, 5.41) is 2.81. The van der Waals surface area contributed by atoms with E-state index in [-0.39, 0.29) is 18.3 Å². The van der Waals surface area contributed by atoms with Crippen LogP contribution in [0.25, 0.3) is 0 Å². The van der Waals surface area contributed by atoms with Gasteiger partial charge in [0.2, 0.25) is 5.92 Å². The van der Waals surface area contributed by atoms with Gasteiger partial charge >= 0.3 is 0 Å². The number of thiazole rings is 1. The fourth-order valence-corrected chi connectivity index (χ4v) is 3.29. The van der Waals surface area contributed by atoms with Crippen LogP contribution in [0.1, 0.15) is 36.4 Å². The maximum absolute atomic E-state index is 13.2. The van der Waals surface area contributed by atoms with Crippen LogP contribution in [0.15, 0.2) is 5.38 Å². The molecule has 0 spiro atoms. The van der Waals surface area contributed by atoms with Crippen molar-refractivity contribution in [3.05, 3.63) is 16.1 Å². The SMILES string of the molecule is COCc1nc(C2(CN)CCC(F)(F)CC2)cs1. The van der Waals surface area contributed by atoms with E-state index in [1.807, 2.05) is 5.38 Å². The second-order valence-electron chi connectivity index (χ2n) is 4.90. The van der Waals surface area contributed by atoms with Crippen LogP contribution in [-0.4, -0.2) is 24.6 Å². The molecule has 1 aromatic rings. The molecule has 0 radical (unpaired) electrons. The first-order valence-corrected chi connectivity index (χ1v) is 6.91. The van der Waals surface area contributed by atoms with Crippen molar-refractivity contribution in [2.24, 2.45) is 5.73 Å². The van der Waals surface area contributed by atoms with Crippen LogP contribution in [0.3, 0.4) is 0 Å². The fourth-order valence-electron chi connectivity index (χ4n) is 2.40. The number of nitrogens with two attached hydrogens (primary N) is 1. The van der Waals surface area contributed by atoms with E-state index in [1.165, 1.54) is 11.3 Å². The van der Waals surface area contributed by atoms with Gasteiger partial charge in [0.25, 0.3) is 0 Å². The highest BCUT2D eigenvalue weighted by molar-refractivity contribution is 7.09. The van der Waals surface area contributed by atoms with Crippen molar-refractivity contribution < 1.29 is 13.5 Å². The number of hydrogen-bond acceptors (Lipinski definition) is 4. The first kappa shape index (κ1) is 13.8. The number of hydrogen-bond donors (Lipinski definition) is 1. The number of halogens is 2. The lowest BCUT2D eigenvalue weighted by atomic mass is 9.71. The Labute approximate surface area is 109 Å². The second-order valence-corrected chi connectivity index (χ2v) is 5.84. The summed E-state index contributed by atoms with van der Waals surface area (Å²) in [7, 11) is 1.61. The number of ether oxygens (including phenoxy) is 1. The number of alkyl halides is 2. The van der Waals surface area contributed by atoms with E-state index in [0.29, 0.717) is 26.0 Å². The minimum atomic E-state index is -2.54. The predicted octanol–water partition coefficient (Wildman–Crippen LogP) is 2.70. The Morgan fingerprint density at radius 2 is 2.06 bits per heavy atom. The monoisotopic (exact) mass is 276 g/mol. The average Bonchev–Trinajstić information content (AvgIpc) is 2.80. The molecule has 0 aromatic carbocycles. The Hall–Kier alpha value is -0.590. The van der Waals surface area contributed by atoms with Gasteiger partial charge in [-0.1, -0.05) is 0 Å². The van der Waals surface area contributed by atoms with Gasteiger partial charge < -0.3 is 10.5 Å². The van der Waals surface area contributed by atoms with Crippen molar-refractivity contribution in [1.29, 1.82) is 0 Å². The van der Waals surface area contributed by atoms with E-state index in [1.54, 1.807) is 7.11 Å². The van der Waals surface area contributed by atoms with Crippen LogP contribution in [0.5, 0.6) is 0 Å². The lowest BCUT2D eigenvalue weighted by Crippen LogP contribution is -2.42. The van der Waals surface area contributed by atoms with E-state index in [4.69, 9.17) is 10.5 Å². The summed E-state index contributed by atoms with van der Waals surface area (Å²) in [6.07, 6.45) is 0.627. The maximum atomic E-state index is 13.2. The molecular formula is C12H18F2N2OS. The molecule has 0 bridgehead atoms. The Kier molecular flexibility index (Phi) is 3.99. The van der Waals surface area contributed by atoms with E-state index < -0.39 is 5.92 Å². The van der Waals surface area contributed by atoms with Gasteiger partial charge in [-0.2, -0.15) is 0 Å². The summed E-state index contributed by atoms with van der Waals surface area (Å²) in [5.41, 5.74) is 6.32. The molecule has 1 saturated carbocycles. The van der Waals surface area contributed by atoms with Gasteiger partial charge in [-0.05, 0) is 12.8 Å². The van der Waals surface area contributed by atoms with Gasteiger partial charge in [-0.15, -0.1) is 11.3 Å². The Morgan fingerprint density at radius 1 is 1.39 bits per heavy atom. The Morgan fingerprint density at radius 3 is 2.61 bits per heavy atom. The lowest BCUT2D eigenvalue weighted by molar-refractivity contribution is -0.0513. The van der Waals surface area contributed by atoms with Crippen LogP contribution in [-0.2, 0) is 16.8 Å². The topological polar surface area (TPSA) is 48.1 Å². The molecule has 0 atom stereocenters. The van der Waals surface area contributed by atoms with Gasteiger partial charge in [-0.25, -0.2) is 13.8 Å². The van der Waals surface area contributed by atoms with Crippen LogP contribution in [0, 0.1) is 0 Å². The van der Waals surface area contributed by atoms with Gasteiger partial charge in [-0.3, -0.25) is 0 Å². The molecule has 1 aliphatic carbocycles. The molecular weight excluding hydrogens is 258 g/mol. The highest BCUT2D eigenvalue weighted by atomic mass is 32.1. The fraction of sp³-hybridized carbons (Fsp3) is 0.750. The minimum Gasteiger partial charge on any atom is -0.378 e. The molecule has 2 rings (SSSR count). The van der Waals surface area contributed by atoms with Crippen molar-refractivity contribution >= 4 is 11.3 Å². The van der Waals surface area contributed by atoms with E-state index in [9.17, 15) is 8.78 Å². The van der Waals surface area contributed by atoms with E-state index >= 15 is 0 Å². The normalized spacial score (nSPS) is 22.0. The third-order valence-electron chi connectivity index (χ3n) is 3.69. The van der Waals surface area contributed by atoms with Gasteiger partial charge in [0.15, 0.2) is 0 Å². The first-order valence-electron chi connectivity index (χ1n) is 6.03. The number of aromatic nitrogens is 1. The molecule has 0 amide bonds. The van der Waals surface area contributed by atoms with Crippen LogP contribution >= 0.6 is 11.3 Å². The molecule has 1 heterocycles. The molecule has 1 aromatic heterocycles. The second kappa shape index (κ2) is 5.19. The van der Waals surface area contributed by atoms with E-state index in [0.717, 1.165) is 10.7 Å². The summed E-state index contributed by atoms with van der Waals surface area (Å²) in [6, 6.07) is 0. The standard InChI is InChI=1S/C12H18F2N2OS/c1-17-6-10-16-9(7-18-10)11(8-15)2-4-12(13,14)5-3-11/h7H,2-6,8,15H2,1H3. The zero-order valence-corrected chi connectivity index (χ0v) is 11.2. The Bertz CT molecular complexity index is 399. The first-order chi connectivity index (χ1) is 8.51. The molecule has 1 fully saturated rings. The average molecular weight is 276 g/mol. The van der Waals surface area contributed by atoms with Crippen molar-refractivity contribution in [2.45, 2.75) is 43.6 Å². The smallest absolute Gasteiger partial charge is 0.248 e. The maximum Gasteiger partial charge on any atom is 0.248 e. The molecule has 0 aliphatic heterocycles.